The summed E-state index contributed by atoms with van der Waals surface area (Å²) in [5.41, 5.74) is 1.22. The summed E-state index contributed by atoms with van der Waals surface area (Å²) in [6.45, 7) is 4.95. The van der Waals surface area contributed by atoms with Crippen molar-refractivity contribution in [1.82, 2.24) is 4.90 Å². The molecular weight excluding hydrogens is 246 g/mol. The second-order valence-electron chi connectivity index (χ2n) is 6.29. The molecule has 0 atom stereocenters. The summed E-state index contributed by atoms with van der Waals surface area (Å²) >= 11 is 0. The zero-order chi connectivity index (χ0) is 14.4. The standard InChI is InChI=1S/C18H27NO/c1-15(2)19(14-17-10-4-3-5-11-17)18(20)13-12-16-8-6-7-9-16/h3-5,10-11,15-16H,6-9,12-14H2,1-2H3. The molecule has 1 aliphatic carbocycles. The van der Waals surface area contributed by atoms with E-state index in [9.17, 15) is 4.79 Å². The predicted octanol–water partition coefficient (Wildman–Crippen LogP) is 4.39. The van der Waals surface area contributed by atoms with Crippen molar-refractivity contribution in [3.63, 3.8) is 0 Å². The first-order chi connectivity index (χ1) is 9.66. The fraction of sp³-hybridized carbons (Fsp3) is 0.611. The summed E-state index contributed by atoms with van der Waals surface area (Å²) in [6, 6.07) is 10.6. The number of amides is 1. The average molecular weight is 273 g/mol. The first-order valence-electron chi connectivity index (χ1n) is 8.00. The van der Waals surface area contributed by atoms with Gasteiger partial charge in [-0.3, -0.25) is 4.79 Å². The van der Waals surface area contributed by atoms with E-state index in [1.165, 1.54) is 31.2 Å². The Labute approximate surface area is 123 Å². The SMILES string of the molecule is CC(C)N(Cc1ccccc1)C(=O)CCC1CCCC1. The summed E-state index contributed by atoms with van der Waals surface area (Å²) in [7, 11) is 0. The van der Waals surface area contributed by atoms with E-state index in [1.807, 2.05) is 23.1 Å². The lowest BCUT2D eigenvalue weighted by Gasteiger charge is -2.27. The number of carbonyl (C=O) groups excluding carboxylic acids is 1. The molecule has 1 amide bonds. The number of benzene rings is 1. The van der Waals surface area contributed by atoms with Crippen molar-refractivity contribution in [1.29, 1.82) is 0 Å². The Balaban J connectivity index is 1.88. The molecule has 2 rings (SSSR count). The third kappa shape index (κ3) is 4.36. The maximum Gasteiger partial charge on any atom is 0.223 e. The molecule has 20 heavy (non-hydrogen) atoms. The van der Waals surface area contributed by atoms with Crippen LogP contribution in [0.1, 0.15) is 57.9 Å². The Morgan fingerprint density at radius 2 is 1.85 bits per heavy atom. The topological polar surface area (TPSA) is 20.3 Å². The summed E-state index contributed by atoms with van der Waals surface area (Å²) in [4.78, 5) is 14.5. The minimum absolute atomic E-state index is 0.270. The van der Waals surface area contributed by atoms with Gasteiger partial charge in [0.05, 0.1) is 0 Å². The molecular formula is C18H27NO. The van der Waals surface area contributed by atoms with Crippen molar-refractivity contribution in [2.24, 2.45) is 5.92 Å². The maximum atomic E-state index is 12.5. The van der Waals surface area contributed by atoms with Crippen LogP contribution >= 0.6 is 0 Å². The number of rotatable bonds is 6. The molecule has 0 N–H and O–H groups in total. The number of hydrogen-bond donors (Lipinski definition) is 0. The van der Waals surface area contributed by atoms with Crippen molar-refractivity contribution in [3.8, 4) is 0 Å². The van der Waals surface area contributed by atoms with Crippen LogP contribution in [0.15, 0.2) is 30.3 Å². The highest BCUT2D eigenvalue weighted by Crippen LogP contribution is 2.29. The van der Waals surface area contributed by atoms with Crippen LogP contribution in [-0.2, 0) is 11.3 Å². The normalized spacial score (nSPS) is 15.8. The van der Waals surface area contributed by atoms with Gasteiger partial charge in [-0.1, -0.05) is 56.0 Å². The van der Waals surface area contributed by atoms with Crippen LogP contribution in [0.2, 0.25) is 0 Å². The molecule has 0 unspecified atom stereocenters. The molecule has 110 valence electrons. The molecule has 2 heteroatoms. The largest absolute Gasteiger partial charge is 0.336 e. The van der Waals surface area contributed by atoms with Gasteiger partial charge in [0, 0.05) is 19.0 Å². The van der Waals surface area contributed by atoms with Gasteiger partial charge in [-0.05, 0) is 31.7 Å². The van der Waals surface area contributed by atoms with Crippen LogP contribution in [0.3, 0.4) is 0 Å². The zero-order valence-electron chi connectivity index (χ0n) is 12.8. The molecule has 0 bridgehead atoms. The summed E-state index contributed by atoms with van der Waals surface area (Å²) in [6.07, 6.45) is 7.17. The van der Waals surface area contributed by atoms with Crippen molar-refractivity contribution >= 4 is 5.91 Å². The van der Waals surface area contributed by atoms with Crippen molar-refractivity contribution in [2.45, 2.75) is 65.0 Å². The molecule has 2 nitrogen and oxygen atoms in total. The van der Waals surface area contributed by atoms with Crippen LogP contribution in [0, 0.1) is 5.92 Å². The molecule has 0 heterocycles. The van der Waals surface area contributed by atoms with Gasteiger partial charge in [-0.2, -0.15) is 0 Å². The highest BCUT2D eigenvalue weighted by Gasteiger charge is 2.20. The Hall–Kier alpha value is -1.31. The predicted molar refractivity (Wildman–Crippen MR) is 83.3 cm³/mol. The molecule has 0 spiro atoms. The lowest BCUT2D eigenvalue weighted by molar-refractivity contribution is -0.133. The van der Waals surface area contributed by atoms with Gasteiger partial charge in [0.2, 0.25) is 5.91 Å². The lowest BCUT2D eigenvalue weighted by Crippen LogP contribution is -2.36. The van der Waals surface area contributed by atoms with E-state index in [4.69, 9.17) is 0 Å². The van der Waals surface area contributed by atoms with E-state index >= 15 is 0 Å². The molecule has 1 aromatic rings. The monoisotopic (exact) mass is 273 g/mol. The molecule has 0 radical (unpaired) electrons. The van der Waals surface area contributed by atoms with Gasteiger partial charge < -0.3 is 4.90 Å². The summed E-state index contributed by atoms with van der Waals surface area (Å²) < 4.78 is 0. The third-order valence-corrected chi connectivity index (χ3v) is 4.38. The third-order valence-electron chi connectivity index (χ3n) is 4.38. The molecule has 1 aromatic carbocycles. The first kappa shape index (κ1) is 15.1. The highest BCUT2D eigenvalue weighted by atomic mass is 16.2. The van der Waals surface area contributed by atoms with E-state index < -0.39 is 0 Å². The number of carbonyl (C=O) groups is 1. The van der Waals surface area contributed by atoms with E-state index in [1.54, 1.807) is 0 Å². The number of hydrogen-bond acceptors (Lipinski definition) is 1. The van der Waals surface area contributed by atoms with Gasteiger partial charge in [0.15, 0.2) is 0 Å². The van der Waals surface area contributed by atoms with E-state index in [0.29, 0.717) is 5.91 Å². The maximum absolute atomic E-state index is 12.5. The highest BCUT2D eigenvalue weighted by molar-refractivity contribution is 5.76. The first-order valence-corrected chi connectivity index (χ1v) is 8.00. The van der Waals surface area contributed by atoms with Gasteiger partial charge in [0.25, 0.3) is 0 Å². The Morgan fingerprint density at radius 1 is 1.20 bits per heavy atom. The zero-order valence-corrected chi connectivity index (χ0v) is 12.8. The quantitative estimate of drug-likeness (QED) is 0.752. The van der Waals surface area contributed by atoms with Gasteiger partial charge in [0.1, 0.15) is 0 Å². The molecule has 1 saturated carbocycles. The van der Waals surface area contributed by atoms with Crippen LogP contribution in [0.5, 0.6) is 0 Å². The smallest absolute Gasteiger partial charge is 0.223 e. The second kappa shape index (κ2) is 7.47. The molecule has 0 aliphatic heterocycles. The Kier molecular flexibility index (Phi) is 5.63. The Morgan fingerprint density at radius 3 is 2.45 bits per heavy atom. The fourth-order valence-corrected chi connectivity index (χ4v) is 3.11. The molecule has 0 aromatic heterocycles. The molecule has 1 aliphatic rings. The van der Waals surface area contributed by atoms with Gasteiger partial charge >= 0.3 is 0 Å². The fourth-order valence-electron chi connectivity index (χ4n) is 3.11. The van der Waals surface area contributed by atoms with Gasteiger partial charge in [-0.25, -0.2) is 0 Å². The average Bonchev–Trinajstić information content (AvgIpc) is 2.96. The van der Waals surface area contributed by atoms with Gasteiger partial charge in [-0.15, -0.1) is 0 Å². The minimum Gasteiger partial charge on any atom is -0.336 e. The minimum atomic E-state index is 0.270. The van der Waals surface area contributed by atoms with Crippen molar-refractivity contribution < 1.29 is 4.79 Å². The van der Waals surface area contributed by atoms with Crippen molar-refractivity contribution in [3.05, 3.63) is 35.9 Å². The van der Waals surface area contributed by atoms with Crippen LogP contribution in [-0.4, -0.2) is 16.8 Å². The summed E-state index contributed by atoms with van der Waals surface area (Å²) in [5.74, 6) is 1.11. The second-order valence-corrected chi connectivity index (χ2v) is 6.29. The van der Waals surface area contributed by atoms with Crippen LogP contribution in [0.25, 0.3) is 0 Å². The molecule has 1 fully saturated rings. The van der Waals surface area contributed by atoms with Crippen LogP contribution in [0.4, 0.5) is 0 Å². The molecule has 0 saturated heterocycles. The number of nitrogens with zero attached hydrogens (tertiary/aromatic N) is 1. The van der Waals surface area contributed by atoms with E-state index in [-0.39, 0.29) is 6.04 Å². The summed E-state index contributed by atoms with van der Waals surface area (Å²) in [5, 5.41) is 0. The van der Waals surface area contributed by atoms with E-state index in [0.717, 1.165) is 25.3 Å². The van der Waals surface area contributed by atoms with Crippen LogP contribution < -0.4 is 0 Å². The van der Waals surface area contributed by atoms with Crippen molar-refractivity contribution in [2.75, 3.05) is 0 Å². The lowest BCUT2D eigenvalue weighted by atomic mass is 10.0. The van der Waals surface area contributed by atoms with E-state index in [2.05, 4.69) is 26.0 Å². The Bertz CT molecular complexity index is 407.